The zero-order chi connectivity index (χ0) is 90.7. The highest BCUT2D eigenvalue weighted by Crippen LogP contribution is 2.64. The number of hydrogen-bond donors (Lipinski definition) is 2. The van der Waals surface area contributed by atoms with E-state index in [1.165, 1.54) is 114 Å². The second-order valence-corrected chi connectivity index (χ2v) is 41.0. The molecule has 25 nitrogen and oxygen atoms in total. The monoisotopic (exact) mass is 1780 g/mol. The van der Waals surface area contributed by atoms with Gasteiger partial charge in [0.1, 0.15) is 28.5 Å². The highest BCUT2D eigenvalue weighted by molar-refractivity contribution is 7.86. The summed E-state index contributed by atoms with van der Waals surface area (Å²) in [5.74, 6) is 0.215. The Kier molecular flexibility index (Phi) is 42.2. The molecule has 4 saturated carbocycles. The van der Waals surface area contributed by atoms with Crippen molar-refractivity contribution < 1.29 is 118 Å². The fourth-order valence-electron chi connectivity index (χ4n) is 21.0. The maximum atomic E-state index is 11.6. The van der Waals surface area contributed by atoms with Crippen LogP contribution in [0, 0.1) is 23.7 Å². The third-order valence-corrected chi connectivity index (χ3v) is 29.3. The number of carbonyl (C=O) groups excluding carboxylic acids is 3. The minimum Gasteiger partial charge on any atom is -0.469 e. The molecule has 24 atom stereocenters. The van der Waals surface area contributed by atoms with E-state index in [0.717, 1.165) is 174 Å². The molecule has 26 heteroatoms. The fraction of sp³-hybridized carbons (Fsp3) is 0.888. The maximum absolute atomic E-state index is 11.6. The van der Waals surface area contributed by atoms with Gasteiger partial charge in [0.25, 0.3) is 10.1 Å². The van der Waals surface area contributed by atoms with E-state index in [1.807, 2.05) is 14.2 Å². The van der Waals surface area contributed by atoms with Gasteiger partial charge in [-0.3, -0.25) is 18.6 Å². The van der Waals surface area contributed by atoms with Gasteiger partial charge in [-0.15, -0.1) is 0 Å². The standard InChI is InChI=1S/2C27H46O6.C17H28O6S.C16H26O4.C11H22O3/c2*1-20(2)14-15-22-26(3,33-22)25-24(30-5)21(16-17-27(25)19-32-27)31-18-12-10-8-6-7-9-11-13-23(28)29-4;1-11(2)6-7-13-16(3,22-13)15-14(20-4)12(23-24(5,18)19)8-9-17(15)10-21-17;1-10(2)5-6-12-15(3,20-12)14-13(18-4)11(17)7-8-16(14)9-19-16;1-14-11(13)9-7-5-3-2-4-6-8-10-12/h2*14,21-22,24-25H,6-13,15-19H2,1-5H3;6,12-15H,7-10H2,1-5H3;5,11-14,17H,6-9H2,1-4H3;12H,2-10H2,1H3/t2*21-,22+,24+,25+,26-,27-;12-,13-,14-,15-,16+,17+;11-,12-,13-,14-,15+,16+;/m0011./s1. The first-order chi connectivity index (χ1) is 59.1. The molecule has 4 aliphatic carbocycles. The summed E-state index contributed by atoms with van der Waals surface area (Å²) in [4.78, 5) is 33.0. The summed E-state index contributed by atoms with van der Waals surface area (Å²) < 4.78 is 127. The number of hydrogen-bond acceptors (Lipinski definition) is 25. The van der Waals surface area contributed by atoms with Crippen LogP contribution in [-0.4, -0.2) is 257 Å². The molecule has 2 N–H and O–H groups in total. The van der Waals surface area contributed by atoms with Crippen molar-refractivity contribution in [1.29, 1.82) is 0 Å². The van der Waals surface area contributed by atoms with Crippen molar-refractivity contribution in [3.63, 3.8) is 0 Å². The van der Waals surface area contributed by atoms with Gasteiger partial charge in [0.2, 0.25) is 0 Å². The Morgan fingerprint density at radius 2 is 0.605 bits per heavy atom. The van der Waals surface area contributed by atoms with Crippen LogP contribution < -0.4 is 0 Å². The molecular formula is C98H168O25S. The first-order valence-corrected chi connectivity index (χ1v) is 49.4. The number of esters is 3. The Balaban J connectivity index is 0.000000198. The summed E-state index contributed by atoms with van der Waals surface area (Å²) in [5, 5.41) is 18.8. The van der Waals surface area contributed by atoms with Crippen molar-refractivity contribution in [2.24, 2.45) is 23.7 Å². The van der Waals surface area contributed by atoms with E-state index in [1.54, 1.807) is 14.2 Å². The number of allylic oxidation sites excluding steroid dienone is 4. The Bertz CT molecular complexity index is 3340. The molecule has 0 unspecified atom stereocenters. The van der Waals surface area contributed by atoms with E-state index in [-0.39, 0.29) is 147 Å². The van der Waals surface area contributed by atoms with Gasteiger partial charge < -0.3 is 90.7 Å². The summed E-state index contributed by atoms with van der Waals surface area (Å²) >= 11 is 0. The molecule has 12 rings (SSSR count). The number of ether oxygens (including phenoxy) is 17. The number of aliphatic hydroxyl groups is 2. The van der Waals surface area contributed by atoms with Crippen molar-refractivity contribution in [1.82, 2.24) is 0 Å². The zero-order valence-electron chi connectivity index (χ0n) is 80.1. The molecule has 0 bridgehead atoms. The second-order valence-electron chi connectivity index (χ2n) is 39.4. The van der Waals surface area contributed by atoms with Crippen LogP contribution in [0.25, 0.3) is 0 Å². The van der Waals surface area contributed by atoms with Gasteiger partial charge in [-0.2, -0.15) is 8.42 Å². The Labute approximate surface area is 746 Å². The van der Waals surface area contributed by atoms with Gasteiger partial charge >= 0.3 is 17.9 Å². The Morgan fingerprint density at radius 3 is 0.855 bits per heavy atom. The van der Waals surface area contributed by atoms with Gasteiger partial charge in [0, 0.05) is 67.5 Å². The quantitative estimate of drug-likeness (QED) is 0.0143. The molecule has 716 valence electrons. The van der Waals surface area contributed by atoms with E-state index in [4.69, 9.17) is 75.6 Å². The predicted molar refractivity (Wildman–Crippen MR) is 477 cm³/mol. The summed E-state index contributed by atoms with van der Waals surface area (Å²) in [7, 11) is 7.70. The van der Waals surface area contributed by atoms with E-state index in [9.17, 15) is 27.9 Å². The van der Waals surface area contributed by atoms with Crippen molar-refractivity contribution in [2.45, 2.75) is 432 Å². The number of aliphatic hydroxyl groups excluding tert-OH is 2. The highest BCUT2D eigenvalue weighted by atomic mass is 32.2. The maximum Gasteiger partial charge on any atom is 0.305 e. The average molecular weight is 1780 g/mol. The predicted octanol–water partition coefficient (Wildman–Crippen LogP) is 17.1. The molecule has 12 fully saturated rings. The van der Waals surface area contributed by atoms with Crippen LogP contribution in [0.4, 0.5) is 0 Å². The molecule has 124 heavy (non-hydrogen) atoms. The molecule has 0 aromatic heterocycles. The lowest BCUT2D eigenvalue weighted by Crippen LogP contribution is -2.55. The molecule has 0 aromatic rings. The van der Waals surface area contributed by atoms with Crippen LogP contribution in [0.15, 0.2) is 46.6 Å². The van der Waals surface area contributed by atoms with Crippen LogP contribution in [0.5, 0.6) is 0 Å². The highest BCUT2D eigenvalue weighted by Gasteiger charge is 2.76. The van der Waals surface area contributed by atoms with Crippen molar-refractivity contribution in [3.05, 3.63) is 46.6 Å². The number of methoxy groups -OCH3 is 7. The SMILES string of the molecule is COC(=O)CCCCCCCCCO.COC(=O)CCCCCCCCCO[C@H]1CC[C@]2(CO2)[C@@H]([C@@]2(C)O[C@@H]2CC=C(C)C)[C@@H]1OC.COC(=O)CCCCCCCCCO[C@H]1CC[C@]2(CO2)[C@@H]([C@@]2(C)O[C@@H]2CC=C(C)C)[C@@H]1OC.CO[C@@H]1[C@H](O)CC[C@]2(CO2)[C@H]1[C@@]1(C)O[C@@H]1CC=C(C)C.CO[C@@H]1[C@H](OS(C)(=O)=O)CC[C@]2(CO2)[C@H]1[C@@]1(C)O[C@@H]1CC=C(C)C. The van der Waals surface area contributed by atoms with Crippen LogP contribution in [-0.2, 0) is 109 Å². The summed E-state index contributed by atoms with van der Waals surface area (Å²) in [5.41, 5.74) is 3.71. The van der Waals surface area contributed by atoms with Crippen LogP contribution in [0.3, 0.4) is 0 Å². The number of rotatable bonds is 49. The zero-order valence-corrected chi connectivity index (χ0v) is 81.0. The summed E-state index contributed by atoms with van der Waals surface area (Å²) in [6.45, 7) is 30.6. The van der Waals surface area contributed by atoms with Crippen LogP contribution >= 0.6 is 0 Å². The molecule has 12 aliphatic rings. The molecule has 0 radical (unpaired) electrons. The molecule has 8 aliphatic heterocycles. The van der Waals surface area contributed by atoms with Gasteiger partial charge in [-0.05, 0) is 199 Å². The molecule has 8 saturated heterocycles. The van der Waals surface area contributed by atoms with Gasteiger partial charge in [-0.1, -0.05) is 143 Å². The van der Waals surface area contributed by atoms with Gasteiger partial charge in [0.05, 0.1) is 167 Å². The second kappa shape index (κ2) is 49.4. The largest absolute Gasteiger partial charge is 0.469 e. The van der Waals surface area contributed by atoms with Gasteiger partial charge in [0.15, 0.2) is 0 Å². The lowest BCUT2D eigenvalue weighted by atomic mass is 9.68. The first-order valence-electron chi connectivity index (χ1n) is 47.6. The lowest BCUT2D eigenvalue weighted by molar-refractivity contribution is -0.141. The van der Waals surface area contributed by atoms with Crippen molar-refractivity contribution >= 4 is 28.0 Å². The molecule has 4 spiro atoms. The normalized spacial score (nSPS) is 36.3. The third kappa shape index (κ3) is 30.6. The lowest BCUT2D eigenvalue weighted by Gasteiger charge is -2.43. The van der Waals surface area contributed by atoms with E-state index < -0.39 is 22.3 Å². The minimum atomic E-state index is -3.54. The summed E-state index contributed by atoms with van der Waals surface area (Å²) in [6, 6.07) is 0. The number of unbranched alkanes of at least 4 members (excludes halogenated alkanes) is 18. The average Bonchev–Trinajstić information content (AvgIpc) is 1.55. The molecular weight excluding hydrogens is 1610 g/mol. The van der Waals surface area contributed by atoms with E-state index >= 15 is 0 Å². The topological polar surface area (TPSA) is 318 Å². The van der Waals surface area contributed by atoms with E-state index in [0.29, 0.717) is 38.9 Å². The third-order valence-electron chi connectivity index (χ3n) is 28.7. The van der Waals surface area contributed by atoms with Gasteiger partial charge in [-0.25, -0.2) is 0 Å². The van der Waals surface area contributed by atoms with Crippen LogP contribution in [0.2, 0.25) is 0 Å². The number of epoxide rings is 8. The Morgan fingerprint density at radius 1 is 0.363 bits per heavy atom. The minimum absolute atomic E-state index is 0.0118. The van der Waals surface area contributed by atoms with Crippen molar-refractivity contribution in [2.75, 3.05) is 102 Å². The van der Waals surface area contributed by atoms with Crippen LogP contribution in [0.1, 0.15) is 314 Å². The van der Waals surface area contributed by atoms with E-state index in [2.05, 4.69) is 122 Å². The fourth-order valence-corrected chi connectivity index (χ4v) is 21.7. The molecule has 0 aromatic carbocycles. The molecule has 0 amide bonds. The summed E-state index contributed by atoms with van der Waals surface area (Å²) in [6.07, 6.45) is 45.5. The smallest absolute Gasteiger partial charge is 0.305 e. The first kappa shape index (κ1) is 106. The Hall–Kier alpha value is -3.36. The molecule has 8 heterocycles. The van der Waals surface area contributed by atoms with Crippen molar-refractivity contribution in [3.8, 4) is 0 Å². The number of carbonyl (C=O) groups is 3.